The van der Waals surface area contributed by atoms with Gasteiger partial charge in [0.05, 0.1) is 0 Å². The van der Waals surface area contributed by atoms with Gasteiger partial charge >= 0.3 is 0 Å². The first-order valence-electron chi connectivity index (χ1n) is 3.82. The first kappa shape index (κ1) is 12.9. The summed E-state index contributed by atoms with van der Waals surface area (Å²) in [6, 6.07) is 1.45. The summed E-state index contributed by atoms with van der Waals surface area (Å²) in [5.41, 5.74) is -0.363. The molecule has 0 saturated carbocycles. The van der Waals surface area contributed by atoms with Crippen LogP contribution in [0.15, 0.2) is 21.9 Å². The molecule has 0 aliphatic heterocycles. The molecular formula is C7H8O7S2. The molecule has 1 rings (SSSR count). The van der Waals surface area contributed by atoms with Gasteiger partial charge in [0.1, 0.15) is 15.5 Å². The Kier molecular flexibility index (Phi) is 2.98. The van der Waals surface area contributed by atoms with Crippen LogP contribution in [0, 0.1) is 6.92 Å². The fraction of sp³-hybridized carbons (Fsp3) is 0.143. The van der Waals surface area contributed by atoms with E-state index < -0.39 is 35.8 Å². The lowest BCUT2D eigenvalue weighted by atomic mass is 10.2. The van der Waals surface area contributed by atoms with Crippen LogP contribution in [-0.2, 0) is 20.2 Å². The highest BCUT2D eigenvalue weighted by atomic mass is 32.2. The lowest BCUT2D eigenvalue weighted by molar-refractivity contribution is 0.435. The first-order chi connectivity index (χ1) is 7.05. The van der Waals surface area contributed by atoms with Crippen molar-refractivity contribution in [3.63, 3.8) is 0 Å². The summed E-state index contributed by atoms with van der Waals surface area (Å²) < 4.78 is 60.5. The molecule has 0 radical (unpaired) electrons. The van der Waals surface area contributed by atoms with E-state index in [1.807, 2.05) is 0 Å². The van der Waals surface area contributed by atoms with Crippen LogP contribution in [0.25, 0.3) is 0 Å². The van der Waals surface area contributed by atoms with Gasteiger partial charge in [-0.25, -0.2) is 0 Å². The van der Waals surface area contributed by atoms with Gasteiger partial charge in [-0.3, -0.25) is 9.11 Å². The Labute approximate surface area is 91.8 Å². The van der Waals surface area contributed by atoms with Gasteiger partial charge in [0.15, 0.2) is 0 Å². The molecule has 3 N–H and O–H groups in total. The van der Waals surface area contributed by atoms with Gasteiger partial charge < -0.3 is 5.11 Å². The predicted octanol–water partition coefficient (Wildman–Crippen LogP) is 0.194. The highest BCUT2D eigenvalue weighted by Gasteiger charge is 2.23. The zero-order valence-corrected chi connectivity index (χ0v) is 9.58. The molecule has 0 unspecified atom stereocenters. The number of hydrogen-bond donors (Lipinski definition) is 3. The third kappa shape index (κ3) is 2.32. The second-order valence-electron chi connectivity index (χ2n) is 2.99. The molecule has 7 nitrogen and oxygen atoms in total. The molecule has 0 aromatic heterocycles. The Balaban J connectivity index is 3.67. The van der Waals surface area contributed by atoms with Crippen molar-refractivity contribution in [1.29, 1.82) is 0 Å². The van der Waals surface area contributed by atoms with Crippen LogP contribution < -0.4 is 0 Å². The van der Waals surface area contributed by atoms with Gasteiger partial charge in [0, 0.05) is 5.56 Å². The van der Waals surface area contributed by atoms with Crippen LogP contribution in [0.1, 0.15) is 5.56 Å². The Hall–Kier alpha value is -1.16. The molecule has 0 spiro atoms. The monoisotopic (exact) mass is 268 g/mol. The summed E-state index contributed by atoms with van der Waals surface area (Å²) in [5.74, 6) is -0.919. The normalized spacial score (nSPS) is 12.7. The predicted molar refractivity (Wildman–Crippen MR) is 52.5 cm³/mol. The first-order valence-corrected chi connectivity index (χ1v) is 6.70. The van der Waals surface area contributed by atoms with Crippen LogP contribution in [0.2, 0.25) is 0 Å². The minimum atomic E-state index is -4.64. The van der Waals surface area contributed by atoms with Crippen LogP contribution >= 0.6 is 0 Å². The average molecular weight is 268 g/mol. The third-order valence-electron chi connectivity index (χ3n) is 1.90. The maximum atomic E-state index is 10.8. The van der Waals surface area contributed by atoms with E-state index in [1.54, 1.807) is 0 Å². The standard InChI is InChI=1S/C7H8O7S2/c1-4-5(15(9,10)11)2-3-6(7(4)8)16(12,13)14/h2-3,8H,1H3,(H,9,10,11)(H,12,13,14). The highest BCUT2D eigenvalue weighted by molar-refractivity contribution is 7.86. The van der Waals surface area contributed by atoms with Crippen molar-refractivity contribution in [2.45, 2.75) is 16.7 Å². The van der Waals surface area contributed by atoms with E-state index in [4.69, 9.17) is 9.11 Å². The van der Waals surface area contributed by atoms with Gasteiger partial charge in [-0.05, 0) is 19.1 Å². The fourth-order valence-corrected chi connectivity index (χ4v) is 2.51. The third-order valence-corrected chi connectivity index (χ3v) is 3.78. The quantitative estimate of drug-likeness (QED) is 0.653. The summed E-state index contributed by atoms with van der Waals surface area (Å²) in [5, 5.41) is 9.36. The number of phenols is 1. The van der Waals surface area contributed by atoms with Gasteiger partial charge in [0.2, 0.25) is 0 Å². The van der Waals surface area contributed by atoms with Crippen molar-refractivity contribution in [1.82, 2.24) is 0 Å². The molecule has 0 saturated heterocycles. The van der Waals surface area contributed by atoms with E-state index in [1.165, 1.54) is 0 Å². The number of phenolic OH excluding ortho intramolecular Hbond substituents is 1. The second-order valence-corrected chi connectivity index (χ2v) is 5.77. The van der Waals surface area contributed by atoms with E-state index in [0.717, 1.165) is 13.0 Å². The molecular weight excluding hydrogens is 260 g/mol. The van der Waals surface area contributed by atoms with Crippen molar-refractivity contribution < 1.29 is 31.0 Å². The fourth-order valence-electron chi connectivity index (χ4n) is 1.14. The average Bonchev–Trinajstić information content (AvgIpc) is 2.05. The zero-order chi connectivity index (χ0) is 12.7. The molecule has 0 aliphatic carbocycles. The molecule has 16 heavy (non-hydrogen) atoms. The molecule has 0 fully saturated rings. The van der Waals surface area contributed by atoms with Gasteiger partial charge in [-0.1, -0.05) is 0 Å². The van der Waals surface area contributed by atoms with Crippen LogP contribution in [-0.4, -0.2) is 31.0 Å². The van der Waals surface area contributed by atoms with Crippen LogP contribution in [0.4, 0.5) is 0 Å². The molecule has 9 heteroatoms. The molecule has 0 heterocycles. The number of hydrogen-bond acceptors (Lipinski definition) is 5. The van der Waals surface area contributed by atoms with Crippen LogP contribution in [0.5, 0.6) is 5.75 Å². The van der Waals surface area contributed by atoms with Crippen molar-refractivity contribution in [2.75, 3.05) is 0 Å². The molecule has 1 aromatic rings. The minimum Gasteiger partial charge on any atom is -0.506 e. The summed E-state index contributed by atoms with van der Waals surface area (Å²) >= 11 is 0. The highest BCUT2D eigenvalue weighted by Crippen LogP contribution is 2.30. The largest absolute Gasteiger partial charge is 0.506 e. The second kappa shape index (κ2) is 3.70. The molecule has 0 aliphatic rings. The summed E-state index contributed by atoms with van der Waals surface area (Å²) in [7, 11) is -9.20. The summed E-state index contributed by atoms with van der Waals surface area (Å²) in [6.45, 7) is 1.09. The Morgan fingerprint density at radius 1 is 0.938 bits per heavy atom. The molecule has 1 aromatic carbocycles. The Morgan fingerprint density at radius 3 is 1.69 bits per heavy atom. The van der Waals surface area contributed by atoms with Crippen molar-refractivity contribution in [3.05, 3.63) is 17.7 Å². The molecule has 90 valence electrons. The molecule has 0 amide bonds. The van der Waals surface area contributed by atoms with Crippen molar-refractivity contribution in [2.24, 2.45) is 0 Å². The maximum absolute atomic E-state index is 10.8. The Morgan fingerprint density at radius 2 is 1.31 bits per heavy atom. The summed E-state index contributed by atoms with van der Waals surface area (Å²) in [4.78, 5) is -1.45. The zero-order valence-electron chi connectivity index (χ0n) is 7.95. The number of aromatic hydroxyl groups is 1. The van der Waals surface area contributed by atoms with Crippen LogP contribution in [0.3, 0.4) is 0 Å². The molecule has 0 bridgehead atoms. The van der Waals surface area contributed by atoms with Crippen molar-refractivity contribution in [3.8, 4) is 5.75 Å². The smallest absolute Gasteiger partial charge is 0.298 e. The van der Waals surface area contributed by atoms with E-state index in [9.17, 15) is 21.9 Å². The number of benzene rings is 1. The number of rotatable bonds is 2. The maximum Gasteiger partial charge on any atom is 0.298 e. The van der Waals surface area contributed by atoms with E-state index in [-0.39, 0.29) is 5.56 Å². The van der Waals surface area contributed by atoms with E-state index in [2.05, 4.69) is 0 Å². The SMILES string of the molecule is Cc1c(S(=O)(=O)O)ccc(S(=O)(=O)O)c1O. The topological polar surface area (TPSA) is 129 Å². The van der Waals surface area contributed by atoms with Gasteiger partial charge in [-0.2, -0.15) is 16.8 Å². The van der Waals surface area contributed by atoms with Crippen molar-refractivity contribution >= 4 is 20.2 Å². The molecule has 0 atom stereocenters. The van der Waals surface area contributed by atoms with E-state index in [0.29, 0.717) is 6.07 Å². The lowest BCUT2D eigenvalue weighted by Gasteiger charge is -2.07. The van der Waals surface area contributed by atoms with E-state index >= 15 is 0 Å². The Bertz CT molecular complexity index is 570. The lowest BCUT2D eigenvalue weighted by Crippen LogP contribution is -2.05. The van der Waals surface area contributed by atoms with Gasteiger partial charge in [0.25, 0.3) is 20.2 Å². The van der Waals surface area contributed by atoms with Gasteiger partial charge in [-0.15, -0.1) is 0 Å². The summed E-state index contributed by atoms with van der Waals surface area (Å²) in [6.07, 6.45) is 0. The minimum absolute atomic E-state index is 0.363.